The molecular formula is C30H31N5O2S. The molecule has 1 aliphatic heterocycles. The van der Waals surface area contributed by atoms with Gasteiger partial charge >= 0.3 is 0 Å². The Labute approximate surface area is 227 Å². The molecule has 0 spiro atoms. The Balaban J connectivity index is 1.49. The number of ether oxygens (including phenoxy) is 1. The molecular weight excluding hydrogens is 494 g/mol. The van der Waals surface area contributed by atoms with Gasteiger partial charge in [-0.15, -0.1) is 5.10 Å². The summed E-state index contributed by atoms with van der Waals surface area (Å²) in [5.41, 5.74) is 5.17. The van der Waals surface area contributed by atoms with Gasteiger partial charge in [0.2, 0.25) is 11.1 Å². The molecule has 1 aliphatic rings. The number of amides is 1. The van der Waals surface area contributed by atoms with Crippen LogP contribution in [0.2, 0.25) is 0 Å². The zero-order valence-corrected chi connectivity index (χ0v) is 22.6. The predicted octanol–water partition coefficient (Wildman–Crippen LogP) is 6.60. The molecule has 2 N–H and O–H groups in total. The summed E-state index contributed by atoms with van der Waals surface area (Å²) < 4.78 is 7.93. The number of fused-ring (bicyclic) bond motifs is 1. The summed E-state index contributed by atoms with van der Waals surface area (Å²) >= 11 is 1.61. The van der Waals surface area contributed by atoms with Crippen LogP contribution in [0.15, 0.2) is 95.3 Å². The number of carbonyl (C=O) groups is 1. The van der Waals surface area contributed by atoms with Crippen molar-refractivity contribution in [3.8, 4) is 5.75 Å². The first-order valence-corrected chi connectivity index (χ1v) is 13.7. The van der Waals surface area contributed by atoms with Crippen molar-refractivity contribution in [1.82, 2.24) is 14.8 Å². The highest BCUT2D eigenvalue weighted by molar-refractivity contribution is 7.99. The molecule has 0 saturated heterocycles. The van der Waals surface area contributed by atoms with Gasteiger partial charge in [-0.25, -0.2) is 4.68 Å². The van der Waals surface area contributed by atoms with E-state index >= 15 is 0 Å². The molecule has 5 rings (SSSR count). The highest BCUT2D eigenvalue weighted by Crippen LogP contribution is 2.37. The molecule has 194 valence electrons. The minimum absolute atomic E-state index is 0.191. The summed E-state index contributed by atoms with van der Waals surface area (Å²) in [5.74, 6) is 2.07. The quantitative estimate of drug-likeness (QED) is 0.240. The van der Waals surface area contributed by atoms with Gasteiger partial charge in [0, 0.05) is 17.1 Å². The van der Waals surface area contributed by atoms with Gasteiger partial charge in [0.15, 0.2) is 0 Å². The molecule has 1 amide bonds. The van der Waals surface area contributed by atoms with Gasteiger partial charge in [-0.05, 0) is 55.7 Å². The Bertz CT molecular complexity index is 1450. The van der Waals surface area contributed by atoms with Crippen LogP contribution in [-0.2, 0) is 11.4 Å². The molecule has 1 unspecified atom stereocenters. The number of anilines is 2. The van der Waals surface area contributed by atoms with Crippen molar-refractivity contribution >= 4 is 29.3 Å². The molecule has 2 heterocycles. The van der Waals surface area contributed by atoms with Gasteiger partial charge in [-0.2, -0.15) is 4.98 Å². The number of nitrogens with one attached hydrogen (secondary N) is 2. The summed E-state index contributed by atoms with van der Waals surface area (Å²) in [5, 5.41) is 11.9. The maximum absolute atomic E-state index is 13.7. The normalized spacial score (nSPS) is 14.6. The van der Waals surface area contributed by atoms with Crippen LogP contribution in [-0.4, -0.2) is 26.4 Å². The molecule has 0 fully saturated rings. The minimum atomic E-state index is -0.472. The third-order valence-electron chi connectivity index (χ3n) is 6.24. The second-order valence-electron chi connectivity index (χ2n) is 9.24. The van der Waals surface area contributed by atoms with E-state index in [9.17, 15) is 4.79 Å². The number of hydrogen-bond acceptors (Lipinski definition) is 6. The smallest absolute Gasteiger partial charge is 0.255 e. The largest absolute Gasteiger partial charge is 0.489 e. The lowest BCUT2D eigenvalue weighted by molar-refractivity contribution is -0.113. The molecule has 8 heteroatoms. The van der Waals surface area contributed by atoms with Crippen molar-refractivity contribution in [3.63, 3.8) is 0 Å². The van der Waals surface area contributed by atoms with E-state index in [1.165, 1.54) is 0 Å². The van der Waals surface area contributed by atoms with E-state index in [2.05, 4.69) is 17.6 Å². The van der Waals surface area contributed by atoms with Crippen LogP contribution in [0.5, 0.6) is 5.75 Å². The fourth-order valence-electron chi connectivity index (χ4n) is 4.34. The SMILES string of the molecule is CCCSc1nc2n(n1)C(c1cccc(OCc3ccccc3)c1)C(C(=O)Nc1ccc(C)cc1)=C(C)N2. The number of carbonyl (C=O) groups excluding carboxylic acids is 1. The first-order valence-electron chi connectivity index (χ1n) is 12.7. The number of nitrogens with zero attached hydrogens (tertiary/aromatic N) is 3. The molecule has 3 aromatic carbocycles. The molecule has 1 atom stereocenters. The van der Waals surface area contributed by atoms with Crippen molar-refractivity contribution in [2.75, 3.05) is 16.4 Å². The minimum Gasteiger partial charge on any atom is -0.489 e. The Morgan fingerprint density at radius 3 is 2.61 bits per heavy atom. The first kappa shape index (κ1) is 25.6. The van der Waals surface area contributed by atoms with Gasteiger partial charge < -0.3 is 15.4 Å². The summed E-state index contributed by atoms with van der Waals surface area (Å²) in [6.45, 7) is 6.51. The third kappa shape index (κ3) is 5.75. The van der Waals surface area contributed by atoms with Crippen molar-refractivity contribution in [3.05, 3.63) is 107 Å². The Morgan fingerprint density at radius 2 is 1.84 bits per heavy atom. The fraction of sp³-hybridized carbons (Fsp3) is 0.233. The fourth-order valence-corrected chi connectivity index (χ4v) is 5.02. The number of benzene rings is 3. The molecule has 1 aromatic heterocycles. The van der Waals surface area contributed by atoms with Crippen LogP contribution in [0.4, 0.5) is 11.6 Å². The molecule has 4 aromatic rings. The lowest BCUT2D eigenvalue weighted by Gasteiger charge is -2.29. The van der Waals surface area contributed by atoms with Crippen LogP contribution < -0.4 is 15.4 Å². The lowest BCUT2D eigenvalue weighted by Crippen LogP contribution is -2.31. The van der Waals surface area contributed by atoms with Gasteiger partial charge in [-0.3, -0.25) is 4.79 Å². The first-order chi connectivity index (χ1) is 18.5. The maximum atomic E-state index is 13.7. The number of hydrogen-bond donors (Lipinski definition) is 2. The topological polar surface area (TPSA) is 81.1 Å². The van der Waals surface area contributed by atoms with E-state index in [0.717, 1.165) is 46.0 Å². The predicted molar refractivity (Wildman–Crippen MR) is 153 cm³/mol. The van der Waals surface area contributed by atoms with Gasteiger partial charge in [-0.1, -0.05) is 78.8 Å². The summed E-state index contributed by atoms with van der Waals surface area (Å²) in [6, 6.07) is 25.2. The molecule has 0 radical (unpaired) electrons. The van der Waals surface area contributed by atoms with Gasteiger partial charge in [0.25, 0.3) is 5.91 Å². The van der Waals surface area contributed by atoms with E-state index in [4.69, 9.17) is 14.8 Å². The van der Waals surface area contributed by atoms with E-state index in [1.54, 1.807) is 11.8 Å². The van der Waals surface area contributed by atoms with E-state index < -0.39 is 6.04 Å². The zero-order chi connectivity index (χ0) is 26.5. The monoisotopic (exact) mass is 525 g/mol. The molecule has 7 nitrogen and oxygen atoms in total. The molecule has 38 heavy (non-hydrogen) atoms. The van der Waals surface area contributed by atoms with E-state index in [1.807, 2.05) is 97.4 Å². The average Bonchev–Trinajstić information content (AvgIpc) is 3.34. The van der Waals surface area contributed by atoms with E-state index in [-0.39, 0.29) is 5.91 Å². The Hall–Kier alpha value is -4.04. The number of allylic oxidation sites excluding steroid dienone is 1. The summed E-state index contributed by atoms with van der Waals surface area (Å²) in [7, 11) is 0. The summed E-state index contributed by atoms with van der Waals surface area (Å²) in [6.07, 6.45) is 1.02. The highest BCUT2D eigenvalue weighted by Gasteiger charge is 2.34. The van der Waals surface area contributed by atoms with Crippen molar-refractivity contribution < 1.29 is 9.53 Å². The van der Waals surface area contributed by atoms with Gasteiger partial charge in [0.05, 0.1) is 5.57 Å². The van der Waals surface area contributed by atoms with Crippen LogP contribution in [0, 0.1) is 6.92 Å². The zero-order valence-electron chi connectivity index (χ0n) is 21.8. The van der Waals surface area contributed by atoms with Crippen LogP contribution in [0.25, 0.3) is 0 Å². The Kier molecular flexibility index (Phi) is 7.79. The number of aromatic nitrogens is 3. The maximum Gasteiger partial charge on any atom is 0.255 e. The average molecular weight is 526 g/mol. The second kappa shape index (κ2) is 11.6. The third-order valence-corrected chi connectivity index (χ3v) is 7.29. The van der Waals surface area contributed by atoms with Crippen molar-refractivity contribution in [2.24, 2.45) is 0 Å². The highest BCUT2D eigenvalue weighted by atomic mass is 32.2. The van der Waals surface area contributed by atoms with Crippen molar-refractivity contribution in [2.45, 2.75) is 45.0 Å². The van der Waals surface area contributed by atoms with E-state index in [0.29, 0.717) is 23.3 Å². The number of aryl methyl sites for hydroxylation is 1. The summed E-state index contributed by atoms with van der Waals surface area (Å²) in [4.78, 5) is 18.4. The van der Waals surface area contributed by atoms with Crippen LogP contribution in [0.3, 0.4) is 0 Å². The number of thioether (sulfide) groups is 1. The molecule has 0 aliphatic carbocycles. The Morgan fingerprint density at radius 1 is 1.05 bits per heavy atom. The van der Waals surface area contributed by atoms with Crippen molar-refractivity contribution in [1.29, 1.82) is 0 Å². The number of rotatable bonds is 9. The van der Waals surface area contributed by atoms with Crippen LogP contribution in [0.1, 0.15) is 43.0 Å². The second-order valence-corrected chi connectivity index (χ2v) is 10.3. The lowest BCUT2D eigenvalue weighted by atomic mass is 9.94. The van der Waals surface area contributed by atoms with Gasteiger partial charge in [0.1, 0.15) is 18.4 Å². The molecule has 0 bridgehead atoms. The standard InChI is InChI=1S/C30H31N5O2S/c1-4-17-38-30-33-29-31-21(3)26(28(36)32-24-15-13-20(2)14-16-24)27(35(29)34-30)23-11-8-12-25(18-23)37-19-22-9-6-5-7-10-22/h5-16,18,27H,4,17,19H2,1-3H3,(H,32,36)(H,31,33,34). The van der Waals surface area contributed by atoms with Crippen LogP contribution >= 0.6 is 11.8 Å². The molecule has 0 saturated carbocycles.